The molecular formula is C20H24O3. The van der Waals surface area contributed by atoms with Crippen LogP contribution in [0.2, 0.25) is 0 Å². The normalized spacial score (nSPS) is 31.3. The SMILES string of the molecule is COc1cc2c(cc1C(C)C)C(=O)C1=C3C(C)(CCCC32C)O1. The van der Waals surface area contributed by atoms with E-state index in [4.69, 9.17) is 9.47 Å². The Hall–Kier alpha value is -1.77. The summed E-state index contributed by atoms with van der Waals surface area (Å²) in [6.45, 7) is 8.65. The molecule has 0 N–H and O–H groups in total. The second-order valence-electron chi connectivity index (χ2n) is 7.85. The summed E-state index contributed by atoms with van der Waals surface area (Å²) in [4.78, 5) is 12.9. The zero-order valence-electron chi connectivity index (χ0n) is 14.6. The fourth-order valence-electron chi connectivity index (χ4n) is 4.86. The Morgan fingerprint density at radius 2 is 1.96 bits per heavy atom. The molecule has 0 aromatic heterocycles. The third-order valence-corrected chi connectivity index (χ3v) is 6.00. The number of carbonyl (C=O) groups excluding carboxylic acids is 1. The Bertz CT molecular complexity index is 758. The molecule has 0 bridgehead atoms. The van der Waals surface area contributed by atoms with Gasteiger partial charge in [0.15, 0.2) is 5.76 Å². The summed E-state index contributed by atoms with van der Waals surface area (Å²) in [5.41, 5.74) is 3.88. The molecular weight excluding hydrogens is 288 g/mol. The molecule has 23 heavy (non-hydrogen) atoms. The first-order valence-corrected chi connectivity index (χ1v) is 8.53. The Morgan fingerprint density at radius 1 is 1.22 bits per heavy atom. The van der Waals surface area contributed by atoms with E-state index in [2.05, 4.69) is 33.8 Å². The molecule has 122 valence electrons. The molecule has 2 unspecified atom stereocenters. The predicted molar refractivity (Wildman–Crippen MR) is 89.1 cm³/mol. The van der Waals surface area contributed by atoms with Crippen LogP contribution in [0.1, 0.15) is 74.4 Å². The molecule has 0 amide bonds. The Balaban J connectivity index is 1.98. The molecule has 0 spiro atoms. The van der Waals surface area contributed by atoms with E-state index in [0.29, 0.717) is 11.7 Å². The second kappa shape index (κ2) is 4.40. The van der Waals surface area contributed by atoms with Crippen LogP contribution < -0.4 is 4.74 Å². The number of hydrogen-bond donors (Lipinski definition) is 0. The van der Waals surface area contributed by atoms with Crippen LogP contribution >= 0.6 is 0 Å². The molecule has 4 rings (SSSR count). The number of benzene rings is 1. The van der Waals surface area contributed by atoms with E-state index < -0.39 is 0 Å². The Labute approximate surface area is 137 Å². The van der Waals surface area contributed by atoms with E-state index in [1.165, 1.54) is 5.57 Å². The van der Waals surface area contributed by atoms with Crippen LogP contribution in [0.5, 0.6) is 5.75 Å². The van der Waals surface area contributed by atoms with Crippen molar-refractivity contribution in [1.29, 1.82) is 0 Å². The van der Waals surface area contributed by atoms with Gasteiger partial charge in [0.1, 0.15) is 11.4 Å². The first-order chi connectivity index (χ1) is 10.8. The zero-order valence-corrected chi connectivity index (χ0v) is 14.6. The molecule has 0 radical (unpaired) electrons. The average Bonchev–Trinajstić information content (AvgIpc) is 2.48. The molecule has 1 saturated carbocycles. The predicted octanol–water partition coefficient (Wildman–Crippen LogP) is 4.50. The largest absolute Gasteiger partial charge is 0.496 e. The average molecular weight is 312 g/mol. The zero-order chi connectivity index (χ0) is 16.6. The number of ketones is 1. The van der Waals surface area contributed by atoms with Crippen molar-refractivity contribution in [2.45, 2.75) is 63.9 Å². The summed E-state index contributed by atoms with van der Waals surface area (Å²) in [7, 11) is 1.71. The van der Waals surface area contributed by atoms with Crippen molar-refractivity contribution < 1.29 is 14.3 Å². The van der Waals surface area contributed by atoms with Crippen molar-refractivity contribution in [3.63, 3.8) is 0 Å². The van der Waals surface area contributed by atoms with Crippen LogP contribution in [0.4, 0.5) is 0 Å². The highest BCUT2D eigenvalue weighted by Gasteiger charge is 2.60. The van der Waals surface area contributed by atoms with Gasteiger partial charge in [-0.15, -0.1) is 0 Å². The van der Waals surface area contributed by atoms with Crippen molar-refractivity contribution in [1.82, 2.24) is 0 Å². The maximum atomic E-state index is 12.9. The number of carbonyl (C=O) groups is 1. The quantitative estimate of drug-likeness (QED) is 0.806. The number of rotatable bonds is 2. The van der Waals surface area contributed by atoms with Crippen LogP contribution in [0.25, 0.3) is 0 Å². The molecule has 3 aliphatic rings. The monoisotopic (exact) mass is 312 g/mol. The van der Waals surface area contributed by atoms with E-state index in [-0.39, 0.29) is 16.8 Å². The molecule has 1 aliphatic heterocycles. The minimum atomic E-state index is -0.250. The maximum absolute atomic E-state index is 12.9. The lowest BCUT2D eigenvalue weighted by molar-refractivity contribution is -0.0451. The third kappa shape index (κ3) is 1.68. The lowest BCUT2D eigenvalue weighted by Crippen LogP contribution is -2.56. The summed E-state index contributed by atoms with van der Waals surface area (Å²) in [5.74, 6) is 1.87. The molecule has 1 heterocycles. The van der Waals surface area contributed by atoms with Gasteiger partial charge in [0.2, 0.25) is 5.78 Å². The molecule has 3 heteroatoms. The smallest absolute Gasteiger partial charge is 0.228 e. The maximum Gasteiger partial charge on any atom is 0.228 e. The highest BCUT2D eigenvalue weighted by atomic mass is 16.5. The van der Waals surface area contributed by atoms with Crippen molar-refractivity contribution >= 4 is 5.78 Å². The van der Waals surface area contributed by atoms with Gasteiger partial charge in [-0.1, -0.05) is 20.8 Å². The number of hydrogen-bond acceptors (Lipinski definition) is 3. The number of Topliss-reactive ketones (excluding diaryl/α,β-unsaturated/α-hetero) is 1. The fourth-order valence-corrected chi connectivity index (χ4v) is 4.86. The summed E-state index contributed by atoms with van der Waals surface area (Å²) >= 11 is 0. The number of allylic oxidation sites excluding steroid dienone is 1. The van der Waals surface area contributed by atoms with Gasteiger partial charge in [-0.2, -0.15) is 0 Å². The minimum Gasteiger partial charge on any atom is -0.496 e. The van der Waals surface area contributed by atoms with Crippen molar-refractivity contribution in [2.24, 2.45) is 0 Å². The molecule has 1 fully saturated rings. The second-order valence-corrected chi connectivity index (χ2v) is 7.85. The van der Waals surface area contributed by atoms with Gasteiger partial charge >= 0.3 is 0 Å². The van der Waals surface area contributed by atoms with Crippen molar-refractivity contribution in [3.05, 3.63) is 40.2 Å². The topological polar surface area (TPSA) is 35.5 Å². The van der Waals surface area contributed by atoms with Crippen molar-refractivity contribution in [3.8, 4) is 5.75 Å². The van der Waals surface area contributed by atoms with Gasteiger partial charge in [-0.25, -0.2) is 0 Å². The lowest BCUT2D eigenvalue weighted by atomic mass is 9.55. The lowest BCUT2D eigenvalue weighted by Gasteiger charge is -2.56. The van der Waals surface area contributed by atoms with Gasteiger partial charge in [0.05, 0.1) is 7.11 Å². The Morgan fingerprint density at radius 3 is 2.61 bits per heavy atom. The van der Waals surface area contributed by atoms with E-state index in [0.717, 1.165) is 41.7 Å². The number of ether oxygens (including phenoxy) is 2. The van der Waals surface area contributed by atoms with Crippen LogP contribution in [0.15, 0.2) is 23.5 Å². The van der Waals surface area contributed by atoms with Gasteiger partial charge in [-0.3, -0.25) is 4.79 Å². The first-order valence-electron chi connectivity index (χ1n) is 8.53. The van der Waals surface area contributed by atoms with Gasteiger partial charge < -0.3 is 9.47 Å². The van der Waals surface area contributed by atoms with E-state index in [1.54, 1.807) is 7.11 Å². The highest BCUT2D eigenvalue weighted by Crippen LogP contribution is 2.60. The Kier molecular flexibility index (Phi) is 2.83. The summed E-state index contributed by atoms with van der Waals surface area (Å²) < 4.78 is 11.6. The van der Waals surface area contributed by atoms with E-state index in [1.807, 2.05) is 6.07 Å². The molecule has 2 atom stereocenters. The summed E-state index contributed by atoms with van der Waals surface area (Å²) in [5, 5.41) is 0. The highest BCUT2D eigenvalue weighted by molar-refractivity contribution is 6.12. The molecule has 0 saturated heterocycles. The van der Waals surface area contributed by atoms with Crippen LogP contribution in [0.3, 0.4) is 0 Å². The number of methoxy groups -OCH3 is 1. The first kappa shape index (κ1) is 14.8. The molecule has 1 aromatic carbocycles. The summed E-state index contributed by atoms with van der Waals surface area (Å²) in [6, 6.07) is 4.14. The third-order valence-electron chi connectivity index (χ3n) is 6.00. The molecule has 2 aliphatic carbocycles. The fraction of sp³-hybridized carbons (Fsp3) is 0.550. The van der Waals surface area contributed by atoms with Crippen LogP contribution in [-0.2, 0) is 10.2 Å². The molecule has 3 nitrogen and oxygen atoms in total. The van der Waals surface area contributed by atoms with Crippen molar-refractivity contribution in [2.75, 3.05) is 7.11 Å². The van der Waals surface area contributed by atoms with Gasteiger partial charge in [0.25, 0.3) is 0 Å². The van der Waals surface area contributed by atoms with Crippen LogP contribution in [-0.4, -0.2) is 18.5 Å². The minimum absolute atomic E-state index is 0.0522. The van der Waals surface area contributed by atoms with Crippen LogP contribution in [0, 0.1) is 0 Å². The number of fused-ring (bicyclic) bond motifs is 2. The van der Waals surface area contributed by atoms with Gasteiger partial charge in [0, 0.05) is 16.6 Å². The van der Waals surface area contributed by atoms with Gasteiger partial charge in [-0.05, 0) is 55.4 Å². The van der Waals surface area contributed by atoms with E-state index >= 15 is 0 Å². The van der Waals surface area contributed by atoms with E-state index in [9.17, 15) is 4.79 Å². The molecule has 1 aromatic rings. The summed E-state index contributed by atoms with van der Waals surface area (Å²) in [6.07, 6.45) is 3.19. The standard InChI is InChI=1S/C20H24O3/c1-11(2)12-9-13-14(10-15(12)22-5)19(3)7-6-8-20(4)18(19)17(23-20)16(13)21/h9-11H,6-8H2,1-5H3.